The summed E-state index contributed by atoms with van der Waals surface area (Å²) in [5, 5.41) is 3.74. The zero-order valence-electron chi connectivity index (χ0n) is 12.4. The first-order valence-corrected chi connectivity index (χ1v) is 7.63. The number of anilines is 1. The first-order valence-electron chi connectivity index (χ1n) is 6.87. The molecule has 0 aromatic heterocycles. The highest BCUT2D eigenvalue weighted by Crippen LogP contribution is 2.45. The van der Waals surface area contributed by atoms with Crippen molar-refractivity contribution in [2.75, 3.05) is 12.4 Å². The number of fused-ring (bicyclic) bond motifs is 1. The molecule has 4 nitrogen and oxygen atoms in total. The van der Waals surface area contributed by atoms with Gasteiger partial charge in [-0.2, -0.15) is 0 Å². The molecule has 0 saturated heterocycles. The number of rotatable bonds is 2. The number of hydrogen-bond donors (Lipinski definition) is 1. The summed E-state index contributed by atoms with van der Waals surface area (Å²) in [6.07, 6.45) is 0. The molecule has 1 N–H and O–H groups in total. The van der Waals surface area contributed by atoms with Crippen LogP contribution in [0.25, 0.3) is 0 Å². The molecule has 2 aromatic rings. The van der Waals surface area contributed by atoms with Gasteiger partial charge in [-0.15, -0.1) is 0 Å². The van der Waals surface area contributed by atoms with Gasteiger partial charge in [-0.3, -0.25) is 4.79 Å². The SMILES string of the molecule is COC(=O)c1ccc(Cl)c([C@@]2(C)C(=O)Nc3ccc(Cl)cc32)c1. The van der Waals surface area contributed by atoms with Crippen LogP contribution in [0.1, 0.15) is 28.4 Å². The van der Waals surface area contributed by atoms with Gasteiger partial charge in [0.25, 0.3) is 0 Å². The minimum atomic E-state index is -1.04. The molecule has 6 heteroatoms. The highest BCUT2D eigenvalue weighted by molar-refractivity contribution is 6.33. The van der Waals surface area contributed by atoms with Crippen LogP contribution in [0.4, 0.5) is 5.69 Å². The standard InChI is InChI=1S/C17H13Cl2NO3/c1-17(11-7-9(15(21)23-2)3-5-13(11)19)12-8-10(18)4-6-14(12)20-16(17)22/h3-8H,1-2H3,(H,20,22)/t17-/m1/s1. The predicted octanol–water partition coefficient (Wildman–Crippen LogP) is 4.04. The van der Waals surface area contributed by atoms with Gasteiger partial charge in [-0.1, -0.05) is 23.2 Å². The minimum absolute atomic E-state index is 0.223. The molecule has 23 heavy (non-hydrogen) atoms. The van der Waals surface area contributed by atoms with E-state index in [1.165, 1.54) is 7.11 Å². The molecule has 0 bridgehead atoms. The lowest BCUT2D eigenvalue weighted by atomic mass is 9.77. The lowest BCUT2D eigenvalue weighted by Crippen LogP contribution is -2.32. The van der Waals surface area contributed by atoms with E-state index in [0.29, 0.717) is 26.9 Å². The van der Waals surface area contributed by atoms with Gasteiger partial charge in [0.1, 0.15) is 0 Å². The molecule has 0 aliphatic carbocycles. The first-order chi connectivity index (χ1) is 10.9. The highest BCUT2D eigenvalue weighted by atomic mass is 35.5. The lowest BCUT2D eigenvalue weighted by Gasteiger charge is -2.24. The van der Waals surface area contributed by atoms with E-state index < -0.39 is 11.4 Å². The number of ether oxygens (including phenoxy) is 1. The highest BCUT2D eigenvalue weighted by Gasteiger charge is 2.45. The molecule has 1 amide bonds. The van der Waals surface area contributed by atoms with E-state index in [1.54, 1.807) is 43.3 Å². The number of halogens is 2. The molecule has 1 heterocycles. The van der Waals surface area contributed by atoms with Gasteiger partial charge < -0.3 is 10.1 Å². The van der Waals surface area contributed by atoms with Crippen LogP contribution in [-0.4, -0.2) is 19.0 Å². The smallest absolute Gasteiger partial charge is 0.337 e. The van der Waals surface area contributed by atoms with Crippen molar-refractivity contribution in [2.45, 2.75) is 12.3 Å². The maximum atomic E-state index is 12.6. The monoisotopic (exact) mass is 349 g/mol. The van der Waals surface area contributed by atoms with Crippen molar-refractivity contribution in [3.8, 4) is 0 Å². The summed E-state index contributed by atoms with van der Waals surface area (Å²) < 4.78 is 4.74. The van der Waals surface area contributed by atoms with Gasteiger partial charge in [0.2, 0.25) is 5.91 Å². The van der Waals surface area contributed by atoms with Crippen LogP contribution < -0.4 is 5.32 Å². The van der Waals surface area contributed by atoms with Gasteiger partial charge >= 0.3 is 5.97 Å². The van der Waals surface area contributed by atoms with E-state index in [4.69, 9.17) is 27.9 Å². The number of esters is 1. The summed E-state index contributed by atoms with van der Waals surface area (Å²) in [7, 11) is 1.30. The van der Waals surface area contributed by atoms with E-state index in [0.717, 1.165) is 5.56 Å². The van der Waals surface area contributed by atoms with E-state index in [9.17, 15) is 9.59 Å². The molecule has 3 rings (SSSR count). The van der Waals surface area contributed by atoms with E-state index >= 15 is 0 Å². The van der Waals surface area contributed by atoms with Crippen molar-refractivity contribution >= 4 is 40.8 Å². The molecule has 0 saturated carbocycles. The van der Waals surface area contributed by atoms with Crippen LogP contribution in [-0.2, 0) is 14.9 Å². The van der Waals surface area contributed by atoms with Gasteiger partial charge in [-0.05, 0) is 54.4 Å². The Hall–Kier alpha value is -2.04. The molecule has 118 valence electrons. The number of carbonyl (C=O) groups excluding carboxylic acids is 2. The van der Waals surface area contributed by atoms with Gasteiger partial charge in [0.05, 0.1) is 18.1 Å². The summed E-state index contributed by atoms with van der Waals surface area (Å²) in [5.74, 6) is -0.713. The Bertz CT molecular complexity index is 835. The second-order valence-corrected chi connectivity index (χ2v) is 6.30. The Kier molecular flexibility index (Phi) is 3.82. The maximum absolute atomic E-state index is 12.6. The molecule has 0 fully saturated rings. The van der Waals surface area contributed by atoms with Crippen LogP contribution in [0.15, 0.2) is 36.4 Å². The summed E-state index contributed by atoms with van der Waals surface area (Å²) in [5.41, 5.74) is 1.22. The van der Waals surface area contributed by atoms with Crippen molar-refractivity contribution < 1.29 is 14.3 Å². The summed E-state index contributed by atoms with van der Waals surface area (Å²) in [4.78, 5) is 24.4. The molecule has 1 aliphatic heterocycles. The Labute approximate surface area is 143 Å². The number of amides is 1. The molecule has 1 aliphatic rings. The first kappa shape index (κ1) is 15.8. The quantitative estimate of drug-likeness (QED) is 0.832. The third-order valence-corrected chi connectivity index (χ3v) is 4.71. The molecule has 0 radical (unpaired) electrons. The average molecular weight is 350 g/mol. The van der Waals surface area contributed by atoms with Crippen molar-refractivity contribution in [3.05, 3.63) is 63.1 Å². The molecule has 2 aromatic carbocycles. The van der Waals surface area contributed by atoms with Crippen molar-refractivity contribution in [2.24, 2.45) is 0 Å². The van der Waals surface area contributed by atoms with E-state index in [-0.39, 0.29) is 5.91 Å². The molecular formula is C17H13Cl2NO3. The molecular weight excluding hydrogens is 337 g/mol. The van der Waals surface area contributed by atoms with Crippen LogP contribution in [0.3, 0.4) is 0 Å². The number of carbonyl (C=O) groups is 2. The zero-order chi connectivity index (χ0) is 16.8. The van der Waals surface area contributed by atoms with Gasteiger partial charge in [0.15, 0.2) is 0 Å². The topological polar surface area (TPSA) is 55.4 Å². The molecule has 0 spiro atoms. The van der Waals surface area contributed by atoms with Crippen LogP contribution >= 0.6 is 23.2 Å². The van der Waals surface area contributed by atoms with Crippen molar-refractivity contribution in [1.29, 1.82) is 0 Å². The Morgan fingerprint density at radius 2 is 1.87 bits per heavy atom. The number of nitrogens with one attached hydrogen (secondary N) is 1. The summed E-state index contributed by atoms with van der Waals surface area (Å²) in [6.45, 7) is 1.76. The number of methoxy groups -OCH3 is 1. The fourth-order valence-electron chi connectivity index (χ4n) is 2.83. The summed E-state index contributed by atoms with van der Waals surface area (Å²) >= 11 is 12.4. The van der Waals surface area contributed by atoms with Crippen molar-refractivity contribution in [1.82, 2.24) is 0 Å². The second-order valence-electron chi connectivity index (χ2n) is 5.46. The van der Waals surface area contributed by atoms with E-state index in [2.05, 4.69) is 5.32 Å². The average Bonchev–Trinajstić information content (AvgIpc) is 2.79. The molecule has 1 atom stereocenters. The Balaban J connectivity index is 2.24. The minimum Gasteiger partial charge on any atom is -0.465 e. The Morgan fingerprint density at radius 1 is 1.13 bits per heavy atom. The summed E-state index contributed by atoms with van der Waals surface area (Å²) in [6, 6.07) is 9.93. The third kappa shape index (κ3) is 2.38. The van der Waals surface area contributed by atoms with Gasteiger partial charge in [0, 0.05) is 15.7 Å². The fourth-order valence-corrected chi connectivity index (χ4v) is 3.31. The zero-order valence-corrected chi connectivity index (χ0v) is 14.0. The predicted molar refractivity (Wildman–Crippen MR) is 89.3 cm³/mol. The largest absolute Gasteiger partial charge is 0.465 e. The van der Waals surface area contributed by atoms with E-state index in [1.807, 2.05) is 0 Å². The normalized spacial score (nSPS) is 19.2. The van der Waals surface area contributed by atoms with Crippen LogP contribution in [0.5, 0.6) is 0 Å². The number of hydrogen-bond acceptors (Lipinski definition) is 3. The Morgan fingerprint density at radius 3 is 2.57 bits per heavy atom. The second kappa shape index (κ2) is 5.55. The van der Waals surface area contributed by atoms with Gasteiger partial charge in [-0.25, -0.2) is 4.79 Å². The maximum Gasteiger partial charge on any atom is 0.337 e. The number of benzene rings is 2. The van der Waals surface area contributed by atoms with Crippen LogP contribution in [0, 0.1) is 0 Å². The van der Waals surface area contributed by atoms with Crippen molar-refractivity contribution in [3.63, 3.8) is 0 Å². The molecule has 0 unspecified atom stereocenters. The lowest BCUT2D eigenvalue weighted by molar-refractivity contribution is -0.119. The third-order valence-electron chi connectivity index (χ3n) is 4.15. The van der Waals surface area contributed by atoms with Crippen LogP contribution in [0.2, 0.25) is 10.0 Å². The fraction of sp³-hybridized carbons (Fsp3) is 0.176.